The summed E-state index contributed by atoms with van der Waals surface area (Å²) in [4.78, 5) is 12.8. The molecule has 0 spiro atoms. The third-order valence-electron chi connectivity index (χ3n) is 3.66. The number of benzene rings is 1. The van der Waals surface area contributed by atoms with Crippen molar-refractivity contribution in [3.63, 3.8) is 0 Å². The van der Waals surface area contributed by atoms with Gasteiger partial charge >= 0.3 is 0 Å². The Kier molecular flexibility index (Phi) is 4.50. The molecule has 2 atom stereocenters. The molecule has 0 aliphatic carbocycles. The Morgan fingerprint density at radius 3 is 2.11 bits per heavy atom. The molecule has 0 bridgehead atoms. The molecule has 0 N–H and O–H groups in total. The maximum absolute atomic E-state index is 10.9. The molecule has 4 nitrogen and oxygen atoms in total. The third kappa shape index (κ3) is 2.94. The first kappa shape index (κ1) is 14.8. The van der Waals surface area contributed by atoms with Crippen LogP contribution in [0.3, 0.4) is 0 Å². The summed E-state index contributed by atoms with van der Waals surface area (Å²) in [5.41, 5.74) is 1.12. The van der Waals surface area contributed by atoms with Gasteiger partial charge in [0.05, 0.1) is 10.6 Å². The van der Waals surface area contributed by atoms with Crippen LogP contribution in [0.25, 0.3) is 0 Å². The Morgan fingerprint density at radius 1 is 1.21 bits per heavy atom. The molecule has 104 valence electrons. The molecular weight excluding hydrogens is 376 g/mol. The van der Waals surface area contributed by atoms with E-state index in [0.717, 1.165) is 27.5 Å². The molecule has 0 saturated carbocycles. The van der Waals surface area contributed by atoms with Gasteiger partial charge in [0.15, 0.2) is 0 Å². The second kappa shape index (κ2) is 5.79. The normalized spacial score (nSPS) is 23.5. The van der Waals surface area contributed by atoms with Crippen LogP contribution >= 0.6 is 31.9 Å². The Morgan fingerprint density at radius 2 is 1.68 bits per heavy atom. The van der Waals surface area contributed by atoms with Gasteiger partial charge in [-0.2, -0.15) is 0 Å². The SMILES string of the molecule is C[C@@H]1CCC[C@H](C)N1c1c(Br)cc([N+](=O)[O-])cc1Br. The van der Waals surface area contributed by atoms with Crippen molar-refractivity contribution in [1.29, 1.82) is 0 Å². The topological polar surface area (TPSA) is 46.4 Å². The molecule has 2 rings (SSSR count). The number of halogens is 2. The Hall–Kier alpha value is -0.620. The van der Waals surface area contributed by atoms with Crippen LogP contribution in [0.2, 0.25) is 0 Å². The van der Waals surface area contributed by atoms with E-state index in [2.05, 4.69) is 50.6 Å². The van der Waals surface area contributed by atoms with Gasteiger partial charge in [-0.25, -0.2) is 0 Å². The number of hydrogen-bond acceptors (Lipinski definition) is 3. The molecule has 1 heterocycles. The van der Waals surface area contributed by atoms with Crippen molar-refractivity contribution in [3.05, 3.63) is 31.2 Å². The standard InChI is InChI=1S/C13H16Br2N2O2/c1-8-4-3-5-9(2)16(8)13-11(14)6-10(17(18)19)7-12(13)15/h6-9H,3-5H2,1-2H3/t8-,9+. The van der Waals surface area contributed by atoms with Crippen molar-refractivity contribution >= 4 is 43.2 Å². The minimum Gasteiger partial charge on any atom is -0.364 e. The molecule has 1 fully saturated rings. The summed E-state index contributed by atoms with van der Waals surface area (Å²) in [6, 6.07) is 4.04. The van der Waals surface area contributed by atoms with E-state index in [9.17, 15) is 10.1 Å². The first-order valence-electron chi connectivity index (χ1n) is 6.33. The van der Waals surface area contributed by atoms with Crippen molar-refractivity contribution in [3.8, 4) is 0 Å². The summed E-state index contributed by atoms with van der Waals surface area (Å²) in [5, 5.41) is 10.9. The lowest BCUT2D eigenvalue weighted by atomic mass is 9.96. The first-order valence-corrected chi connectivity index (χ1v) is 7.92. The number of nitro groups is 1. The van der Waals surface area contributed by atoms with E-state index in [1.54, 1.807) is 12.1 Å². The van der Waals surface area contributed by atoms with Crippen LogP contribution in [0.15, 0.2) is 21.1 Å². The van der Waals surface area contributed by atoms with Gasteiger partial charge < -0.3 is 4.90 Å². The van der Waals surface area contributed by atoms with Gasteiger partial charge in [-0.05, 0) is 65.0 Å². The number of anilines is 1. The molecule has 0 unspecified atom stereocenters. The van der Waals surface area contributed by atoms with Crippen molar-refractivity contribution in [1.82, 2.24) is 0 Å². The Balaban J connectivity index is 2.47. The molecule has 1 aliphatic heterocycles. The fourth-order valence-electron chi connectivity index (χ4n) is 2.77. The fourth-order valence-corrected chi connectivity index (χ4v) is 4.34. The highest BCUT2D eigenvalue weighted by Gasteiger charge is 2.29. The number of hydrogen-bond donors (Lipinski definition) is 0. The highest BCUT2D eigenvalue weighted by atomic mass is 79.9. The van der Waals surface area contributed by atoms with Gasteiger partial charge in [0.25, 0.3) is 5.69 Å². The third-order valence-corrected chi connectivity index (χ3v) is 4.87. The minimum absolute atomic E-state index is 0.0971. The summed E-state index contributed by atoms with van der Waals surface area (Å²) in [7, 11) is 0. The zero-order valence-corrected chi connectivity index (χ0v) is 14.1. The van der Waals surface area contributed by atoms with Gasteiger partial charge in [-0.1, -0.05) is 0 Å². The largest absolute Gasteiger partial charge is 0.364 e. The van der Waals surface area contributed by atoms with Crippen LogP contribution < -0.4 is 4.90 Å². The summed E-state index contributed by atoms with van der Waals surface area (Å²) in [5.74, 6) is 0. The minimum atomic E-state index is -0.373. The molecule has 1 aromatic rings. The number of non-ortho nitro benzene ring substituents is 1. The number of rotatable bonds is 2. The smallest absolute Gasteiger partial charge is 0.271 e. The first-order chi connectivity index (χ1) is 8.91. The Labute approximate surface area is 129 Å². The van der Waals surface area contributed by atoms with Gasteiger partial charge in [-0.15, -0.1) is 0 Å². The van der Waals surface area contributed by atoms with Crippen LogP contribution in [-0.4, -0.2) is 17.0 Å². The van der Waals surface area contributed by atoms with E-state index < -0.39 is 0 Å². The predicted octanol–water partition coefficient (Wildman–Crippen LogP) is 4.89. The molecule has 1 aromatic carbocycles. The second-order valence-electron chi connectivity index (χ2n) is 5.05. The second-order valence-corrected chi connectivity index (χ2v) is 6.76. The lowest BCUT2D eigenvalue weighted by Crippen LogP contribution is -2.44. The van der Waals surface area contributed by atoms with Crippen molar-refractivity contribution in [2.45, 2.75) is 45.2 Å². The Bertz CT molecular complexity index is 474. The zero-order valence-electron chi connectivity index (χ0n) is 10.9. The van der Waals surface area contributed by atoms with E-state index in [1.165, 1.54) is 6.42 Å². The van der Waals surface area contributed by atoms with Gasteiger partial charge in [-0.3, -0.25) is 10.1 Å². The molecule has 19 heavy (non-hydrogen) atoms. The van der Waals surface area contributed by atoms with Crippen molar-refractivity contribution in [2.75, 3.05) is 4.90 Å². The molecule has 1 aliphatic rings. The van der Waals surface area contributed by atoms with E-state index >= 15 is 0 Å². The van der Waals surface area contributed by atoms with Crippen LogP contribution in [-0.2, 0) is 0 Å². The molecule has 0 aromatic heterocycles. The summed E-state index contributed by atoms with van der Waals surface area (Å²) < 4.78 is 1.54. The van der Waals surface area contributed by atoms with E-state index in [-0.39, 0.29) is 10.6 Å². The van der Waals surface area contributed by atoms with Gasteiger partial charge in [0, 0.05) is 33.2 Å². The van der Waals surface area contributed by atoms with Crippen LogP contribution in [0.4, 0.5) is 11.4 Å². The van der Waals surface area contributed by atoms with E-state index in [0.29, 0.717) is 12.1 Å². The maximum Gasteiger partial charge on any atom is 0.271 e. The highest BCUT2D eigenvalue weighted by molar-refractivity contribution is 9.11. The van der Waals surface area contributed by atoms with Crippen molar-refractivity contribution in [2.24, 2.45) is 0 Å². The highest BCUT2D eigenvalue weighted by Crippen LogP contribution is 2.41. The lowest BCUT2D eigenvalue weighted by molar-refractivity contribution is -0.385. The van der Waals surface area contributed by atoms with E-state index in [1.807, 2.05) is 0 Å². The number of nitro benzene ring substituents is 1. The monoisotopic (exact) mass is 390 g/mol. The molecule has 1 saturated heterocycles. The van der Waals surface area contributed by atoms with Crippen molar-refractivity contribution < 1.29 is 4.92 Å². The average Bonchev–Trinajstić information content (AvgIpc) is 2.31. The average molecular weight is 392 g/mol. The van der Waals surface area contributed by atoms with Gasteiger partial charge in [0.2, 0.25) is 0 Å². The summed E-state index contributed by atoms with van der Waals surface area (Å²) in [6.07, 6.45) is 3.54. The molecule has 6 heteroatoms. The quantitative estimate of drug-likeness (QED) is 0.532. The van der Waals surface area contributed by atoms with Gasteiger partial charge in [0.1, 0.15) is 0 Å². The maximum atomic E-state index is 10.9. The van der Waals surface area contributed by atoms with Crippen LogP contribution in [0.1, 0.15) is 33.1 Å². The lowest BCUT2D eigenvalue weighted by Gasteiger charge is -2.41. The predicted molar refractivity (Wildman–Crippen MR) is 83.8 cm³/mol. The fraction of sp³-hybridized carbons (Fsp3) is 0.538. The molecule has 0 amide bonds. The summed E-state index contributed by atoms with van der Waals surface area (Å²) in [6.45, 7) is 4.41. The van der Waals surface area contributed by atoms with Crippen LogP contribution in [0.5, 0.6) is 0 Å². The molecular formula is C13H16Br2N2O2. The number of piperidine rings is 1. The zero-order chi connectivity index (χ0) is 14.2. The van der Waals surface area contributed by atoms with E-state index in [4.69, 9.17) is 0 Å². The summed E-state index contributed by atoms with van der Waals surface area (Å²) >= 11 is 6.96. The van der Waals surface area contributed by atoms with Crippen LogP contribution in [0, 0.1) is 10.1 Å². The number of nitrogens with zero attached hydrogens (tertiary/aromatic N) is 2. The molecule has 0 radical (unpaired) electrons.